The summed E-state index contributed by atoms with van der Waals surface area (Å²) in [6, 6.07) is 44.6. The number of rotatable bonds is 20. The van der Waals surface area contributed by atoms with Gasteiger partial charge in [0, 0.05) is 91.6 Å². The zero-order chi connectivity index (χ0) is 51.0. The van der Waals surface area contributed by atoms with Gasteiger partial charge in [0.15, 0.2) is 11.6 Å². The maximum absolute atomic E-state index is 13.2. The molecule has 0 aliphatic rings. The number of hydrogen-bond donors (Lipinski definition) is 0. The quantitative estimate of drug-likeness (QED) is 0.0319. The summed E-state index contributed by atoms with van der Waals surface area (Å²) in [4.78, 5) is 70.9. The highest BCUT2D eigenvalue weighted by Gasteiger charge is 2.22. The van der Waals surface area contributed by atoms with Gasteiger partial charge in [0.1, 0.15) is 6.61 Å². The van der Waals surface area contributed by atoms with Crippen LogP contribution in [-0.2, 0) is 36.9 Å². The van der Waals surface area contributed by atoms with Crippen LogP contribution in [0.25, 0.3) is 43.6 Å². The van der Waals surface area contributed by atoms with Crippen LogP contribution in [0.2, 0.25) is 0 Å². The molecule has 8 aromatic rings. The summed E-state index contributed by atoms with van der Waals surface area (Å²) in [5.74, 6) is -1.02. The average molecular weight is 976 g/mol. The van der Waals surface area contributed by atoms with E-state index < -0.39 is 22.8 Å². The van der Waals surface area contributed by atoms with Crippen LogP contribution in [0.15, 0.2) is 140 Å². The maximum Gasteiger partial charge on any atom is 0.379 e. The standard InChI is InChI=1S/C31H33NO4.C25H25NO.C4H5ClO3/c1-4-7-11-21(5-2)20-32-27-16-14-23(29(33)22-12-9-8-10-13-22)18-25(27)26-19-24(15-17-28(26)32)30(34)31(35)36-6-3;1-3-18(4-2)17-26-23-13-9-8-12-21(23)22-16-20(14-15-24(22)26)25(27)19-10-6-5-7-11-19;1-8-2-3(6)4(5)7/h8-10,12-19,21H,4-7,11,20H2,1-3H3;5-16,18H,3-4,17H2,1-2H3;2H2,1H3. The first kappa shape index (κ1) is 53.3. The van der Waals surface area contributed by atoms with Crippen molar-refractivity contribution < 1.29 is 38.2 Å². The third-order valence-corrected chi connectivity index (χ3v) is 13.2. The van der Waals surface area contributed by atoms with E-state index in [2.05, 4.69) is 78.0 Å². The number of carbonyl (C=O) groups is 6. The molecule has 2 heterocycles. The molecule has 10 nitrogen and oxygen atoms in total. The first-order valence-corrected chi connectivity index (χ1v) is 25.0. The lowest BCUT2D eigenvalue weighted by Gasteiger charge is -2.17. The monoisotopic (exact) mass is 974 g/mol. The number of ketones is 4. The Morgan fingerprint density at radius 3 is 1.39 bits per heavy atom. The number of ether oxygens (including phenoxy) is 2. The molecule has 0 amide bonds. The molecule has 0 saturated heterocycles. The van der Waals surface area contributed by atoms with Crippen LogP contribution in [0.4, 0.5) is 0 Å². The summed E-state index contributed by atoms with van der Waals surface area (Å²) in [5.41, 5.74) is 7.47. The minimum Gasteiger partial charge on any atom is -0.460 e. The molecule has 0 spiro atoms. The Balaban J connectivity index is 0.000000207. The molecule has 0 aliphatic heterocycles. The number of methoxy groups -OCH3 is 1. The molecule has 0 aliphatic carbocycles. The van der Waals surface area contributed by atoms with Crippen molar-refractivity contribution >= 4 is 89.6 Å². The Morgan fingerprint density at radius 1 is 0.507 bits per heavy atom. The van der Waals surface area contributed by atoms with Crippen LogP contribution in [0.3, 0.4) is 0 Å². The molecule has 0 saturated carbocycles. The van der Waals surface area contributed by atoms with Crippen molar-refractivity contribution in [3.8, 4) is 0 Å². The molecular weight excluding hydrogens is 912 g/mol. The number of para-hydroxylation sites is 1. The lowest BCUT2D eigenvalue weighted by Crippen LogP contribution is -2.17. The van der Waals surface area contributed by atoms with E-state index in [1.54, 1.807) is 19.1 Å². The number of benzene rings is 6. The van der Waals surface area contributed by atoms with Crippen LogP contribution in [0, 0.1) is 11.8 Å². The highest BCUT2D eigenvalue weighted by molar-refractivity contribution is 6.81. The van der Waals surface area contributed by atoms with Crippen molar-refractivity contribution in [2.75, 3.05) is 20.3 Å². The number of hydrogen-bond acceptors (Lipinski definition) is 8. The van der Waals surface area contributed by atoms with E-state index in [1.165, 1.54) is 48.2 Å². The zero-order valence-electron chi connectivity index (χ0n) is 41.5. The van der Waals surface area contributed by atoms with Crippen LogP contribution >= 0.6 is 11.6 Å². The first-order valence-electron chi connectivity index (χ1n) is 24.6. The van der Waals surface area contributed by atoms with Gasteiger partial charge >= 0.3 is 5.97 Å². The van der Waals surface area contributed by atoms with E-state index in [0.717, 1.165) is 65.3 Å². The number of esters is 1. The van der Waals surface area contributed by atoms with E-state index in [1.807, 2.05) is 91.0 Å². The lowest BCUT2D eigenvalue weighted by atomic mass is 9.99. The number of fused-ring (bicyclic) bond motifs is 6. The summed E-state index contributed by atoms with van der Waals surface area (Å²) < 4.78 is 14.0. The molecule has 1 atom stereocenters. The molecule has 6 aromatic carbocycles. The van der Waals surface area contributed by atoms with Gasteiger partial charge in [-0.1, -0.05) is 139 Å². The number of Topliss-reactive ketones (excluding diaryl/α,β-unsaturated/α-hetero) is 2. The summed E-state index contributed by atoms with van der Waals surface area (Å²) in [6.07, 6.45) is 6.92. The van der Waals surface area contributed by atoms with Crippen molar-refractivity contribution in [1.82, 2.24) is 9.13 Å². The molecule has 1 unspecified atom stereocenters. The van der Waals surface area contributed by atoms with Crippen molar-refractivity contribution in [2.24, 2.45) is 11.8 Å². The Morgan fingerprint density at radius 2 is 0.944 bits per heavy atom. The van der Waals surface area contributed by atoms with Crippen molar-refractivity contribution in [3.63, 3.8) is 0 Å². The maximum atomic E-state index is 13.2. The summed E-state index contributed by atoms with van der Waals surface area (Å²) in [5, 5.41) is 3.16. The molecule has 0 bridgehead atoms. The second-order valence-corrected chi connectivity index (χ2v) is 17.9. The number of halogens is 1. The molecule has 0 radical (unpaired) electrons. The Kier molecular flexibility index (Phi) is 19.3. The van der Waals surface area contributed by atoms with Gasteiger partial charge < -0.3 is 18.6 Å². The Hall–Kier alpha value is -7.01. The van der Waals surface area contributed by atoms with E-state index in [-0.39, 0.29) is 30.3 Å². The third kappa shape index (κ3) is 12.9. The second-order valence-electron chi connectivity index (χ2n) is 17.6. The van der Waals surface area contributed by atoms with Gasteiger partial charge in [0.05, 0.1) is 6.61 Å². The number of nitrogens with zero attached hydrogens (tertiary/aromatic N) is 2. The van der Waals surface area contributed by atoms with Crippen LogP contribution in [0.5, 0.6) is 0 Å². The van der Waals surface area contributed by atoms with Crippen LogP contribution in [-0.4, -0.2) is 63.8 Å². The van der Waals surface area contributed by atoms with Gasteiger partial charge in [-0.05, 0) is 97.4 Å². The predicted molar refractivity (Wildman–Crippen MR) is 285 cm³/mol. The number of carbonyl (C=O) groups excluding carboxylic acids is 6. The zero-order valence-corrected chi connectivity index (χ0v) is 42.3. The van der Waals surface area contributed by atoms with Crippen molar-refractivity contribution in [1.29, 1.82) is 0 Å². The molecule has 2 aromatic heterocycles. The fraction of sp³-hybridized carbons (Fsp3) is 0.300. The van der Waals surface area contributed by atoms with Crippen LogP contribution in [0.1, 0.15) is 115 Å². The number of unbranched alkanes of at least 4 members (excludes halogenated alkanes) is 1. The van der Waals surface area contributed by atoms with Gasteiger partial charge in [-0.25, -0.2) is 4.79 Å². The first-order chi connectivity index (χ1) is 34.4. The summed E-state index contributed by atoms with van der Waals surface area (Å²) in [6.45, 7) is 12.4. The van der Waals surface area contributed by atoms with E-state index >= 15 is 0 Å². The molecule has 11 heteroatoms. The Bertz CT molecular complexity index is 3150. The number of aromatic nitrogens is 2. The smallest absolute Gasteiger partial charge is 0.379 e. The molecule has 0 fully saturated rings. The van der Waals surface area contributed by atoms with Gasteiger partial charge in [-0.2, -0.15) is 0 Å². The highest BCUT2D eigenvalue weighted by atomic mass is 35.5. The molecule has 8 rings (SSSR count). The minimum absolute atomic E-state index is 0.0495. The van der Waals surface area contributed by atoms with E-state index in [0.29, 0.717) is 23.0 Å². The van der Waals surface area contributed by atoms with Gasteiger partial charge in [0.2, 0.25) is 5.78 Å². The SMILES string of the molecule is CCC(CC)Cn1c2ccccc2c2cc(C(=O)c3ccccc3)ccc21.CCCCC(CC)Cn1c2ccc(C(=O)C(=O)OCC)cc2c2cc(C(=O)c3ccccc3)ccc21.COCC(=O)C(=O)Cl. The van der Waals surface area contributed by atoms with Crippen molar-refractivity contribution in [3.05, 3.63) is 167 Å². The molecule has 368 valence electrons. The molecule has 0 N–H and O–H groups in total. The fourth-order valence-corrected chi connectivity index (χ4v) is 9.02. The lowest BCUT2D eigenvalue weighted by molar-refractivity contribution is -0.137. The van der Waals surface area contributed by atoms with Gasteiger partial charge in [-0.15, -0.1) is 0 Å². The average Bonchev–Trinajstić information content (AvgIpc) is 3.89. The normalized spacial score (nSPS) is 11.5. The Labute approximate surface area is 420 Å². The fourth-order valence-electron chi connectivity index (χ4n) is 8.97. The largest absolute Gasteiger partial charge is 0.460 e. The van der Waals surface area contributed by atoms with Crippen LogP contribution < -0.4 is 0 Å². The van der Waals surface area contributed by atoms with E-state index in [9.17, 15) is 28.8 Å². The van der Waals surface area contributed by atoms with Gasteiger partial charge in [0.25, 0.3) is 11.0 Å². The topological polar surface area (TPSA) is 131 Å². The van der Waals surface area contributed by atoms with E-state index in [4.69, 9.17) is 16.3 Å². The second kappa shape index (κ2) is 25.7. The highest BCUT2D eigenvalue weighted by Crippen LogP contribution is 2.34. The summed E-state index contributed by atoms with van der Waals surface area (Å²) in [7, 11) is 1.32. The predicted octanol–water partition coefficient (Wildman–Crippen LogP) is 13.4. The molecular formula is C60H63ClN2O8. The summed E-state index contributed by atoms with van der Waals surface area (Å²) >= 11 is 4.74. The minimum atomic E-state index is -0.980. The third-order valence-electron chi connectivity index (χ3n) is 13.0. The van der Waals surface area contributed by atoms with Gasteiger partial charge in [-0.3, -0.25) is 24.0 Å². The van der Waals surface area contributed by atoms with Crippen molar-refractivity contribution in [2.45, 2.75) is 86.2 Å². The molecule has 71 heavy (non-hydrogen) atoms.